The Morgan fingerprint density at radius 2 is 2.38 bits per heavy atom. The number of rotatable bonds is 7. The lowest BCUT2D eigenvalue weighted by molar-refractivity contribution is 0.271. The third-order valence-electron chi connectivity index (χ3n) is 5.14. The van der Waals surface area contributed by atoms with Crippen LogP contribution in [0.5, 0.6) is 5.75 Å². The third-order valence-corrected chi connectivity index (χ3v) is 6.26. The molecule has 0 aliphatic carbocycles. The number of fused-ring (bicyclic) bond motifs is 1. The van der Waals surface area contributed by atoms with Crippen LogP contribution in [-0.4, -0.2) is 59.0 Å². The molecule has 0 amide bonds. The second kappa shape index (κ2) is 8.34. The van der Waals surface area contributed by atoms with Crippen molar-refractivity contribution in [2.24, 2.45) is 5.92 Å². The van der Waals surface area contributed by atoms with Crippen molar-refractivity contribution in [1.82, 2.24) is 29.1 Å². The van der Waals surface area contributed by atoms with Gasteiger partial charge in [0.2, 0.25) is 5.95 Å². The van der Waals surface area contributed by atoms with Gasteiger partial charge in [-0.15, -0.1) is 5.10 Å². The molecule has 0 aromatic carbocycles. The number of anilines is 1. The molecule has 9 nitrogen and oxygen atoms in total. The largest absolute Gasteiger partial charge is 0.489 e. The van der Waals surface area contributed by atoms with Crippen molar-refractivity contribution >= 4 is 22.6 Å². The van der Waals surface area contributed by atoms with E-state index in [-0.39, 0.29) is 6.04 Å². The lowest BCUT2D eigenvalue weighted by Gasteiger charge is -2.35. The van der Waals surface area contributed by atoms with E-state index in [0.29, 0.717) is 29.9 Å². The number of nitrogens with zero attached hydrogens (tertiary/aromatic N) is 5. The summed E-state index contributed by atoms with van der Waals surface area (Å²) < 4.78 is 21.5. The SMILES string of the molecule is C=CS(=O)N1CCC(Nc2nc3c(OCC)c(-c4cn[nH]c4)ccn3n2)C(C)C1. The van der Waals surface area contributed by atoms with Gasteiger partial charge in [0.1, 0.15) is 11.0 Å². The van der Waals surface area contributed by atoms with Crippen molar-refractivity contribution < 1.29 is 8.95 Å². The smallest absolute Gasteiger partial charge is 0.243 e. The maximum Gasteiger partial charge on any atom is 0.243 e. The van der Waals surface area contributed by atoms with E-state index in [2.05, 4.69) is 34.1 Å². The topological polar surface area (TPSA) is 100 Å². The summed E-state index contributed by atoms with van der Waals surface area (Å²) in [6.45, 7) is 9.71. The van der Waals surface area contributed by atoms with Crippen LogP contribution in [0.1, 0.15) is 20.3 Å². The molecule has 1 fully saturated rings. The molecule has 3 aromatic rings. The zero-order valence-electron chi connectivity index (χ0n) is 16.5. The highest BCUT2D eigenvalue weighted by Gasteiger charge is 2.29. The van der Waals surface area contributed by atoms with Crippen LogP contribution in [0.3, 0.4) is 0 Å². The molecule has 3 unspecified atom stereocenters. The van der Waals surface area contributed by atoms with E-state index < -0.39 is 11.0 Å². The first-order valence-corrected chi connectivity index (χ1v) is 10.8. The molecular weight excluding hydrogens is 390 g/mol. The van der Waals surface area contributed by atoms with Gasteiger partial charge in [-0.05, 0) is 25.3 Å². The Morgan fingerprint density at radius 1 is 1.52 bits per heavy atom. The predicted octanol–water partition coefficient (Wildman–Crippen LogP) is 2.45. The summed E-state index contributed by atoms with van der Waals surface area (Å²) in [6.07, 6.45) is 6.31. The van der Waals surface area contributed by atoms with Gasteiger partial charge in [0.15, 0.2) is 11.4 Å². The van der Waals surface area contributed by atoms with E-state index in [1.165, 1.54) is 5.41 Å². The number of aromatic amines is 1. The number of hydrogen-bond acceptors (Lipinski definition) is 6. The van der Waals surface area contributed by atoms with Gasteiger partial charge in [0.05, 0.1) is 12.8 Å². The van der Waals surface area contributed by atoms with Crippen LogP contribution in [-0.2, 0) is 11.0 Å². The third kappa shape index (κ3) is 3.90. The van der Waals surface area contributed by atoms with Gasteiger partial charge in [-0.25, -0.2) is 13.0 Å². The van der Waals surface area contributed by atoms with Crippen LogP contribution in [0.4, 0.5) is 5.95 Å². The molecule has 154 valence electrons. The second-order valence-corrected chi connectivity index (χ2v) is 8.43. The van der Waals surface area contributed by atoms with Crippen LogP contribution in [0.25, 0.3) is 16.8 Å². The number of aromatic nitrogens is 5. The van der Waals surface area contributed by atoms with Gasteiger partial charge >= 0.3 is 0 Å². The van der Waals surface area contributed by atoms with Crippen LogP contribution in [0.15, 0.2) is 36.6 Å². The summed E-state index contributed by atoms with van der Waals surface area (Å²) in [5.41, 5.74) is 2.51. The molecule has 0 bridgehead atoms. The van der Waals surface area contributed by atoms with Crippen molar-refractivity contribution in [3.05, 3.63) is 36.6 Å². The minimum Gasteiger partial charge on any atom is -0.489 e. The first-order chi connectivity index (χ1) is 14.1. The zero-order valence-corrected chi connectivity index (χ0v) is 17.4. The van der Waals surface area contributed by atoms with Crippen LogP contribution in [0.2, 0.25) is 0 Å². The Bertz CT molecular complexity index is 1020. The fourth-order valence-corrected chi connectivity index (χ4v) is 4.53. The predicted molar refractivity (Wildman–Crippen MR) is 113 cm³/mol. The number of hydrogen-bond donors (Lipinski definition) is 2. The Balaban J connectivity index is 1.59. The Kier molecular flexibility index (Phi) is 5.63. The molecule has 0 radical (unpaired) electrons. The Morgan fingerprint density at radius 3 is 3.07 bits per heavy atom. The highest BCUT2D eigenvalue weighted by Crippen LogP contribution is 2.33. The standard InChI is InChI=1S/C19H25N7O2S/c1-4-28-17-15(14-10-20-21-11-14)6-9-26-18(17)23-19(24-26)22-16-7-8-25(12-13(16)3)29(27)5-2/h5-6,9-11,13,16H,2,4,7-8,12H2,1,3H3,(H,20,21)(H,22,24). The van der Waals surface area contributed by atoms with Crippen molar-refractivity contribution in [2.75, 3.05) is 25.0 Å². The molecule has 3 atom stereocenters. The maximum absolute atomic E-state index is 12.0. The summed E-state index contributed by atoms with van der Waals surface area (Å²) in [7, 11) is -1.12. The number of pyridine rings is 1. The second-order valence-electron chi connectivity index (χ2n) is 7.03. The minimum atomic E-state index is -1.12. The van der Waals surface area contributed by atoms with E-state index in [1.807, 2.05) is 29.7 Å². The average Bonchev–Trinajstić information content (AvgIpc) is 3.39. The highest BCUT2D eigenvalue weighted by molar-refractivity contribution is 7.85. The van der Waals surface area contributed by atoms with E-state index in [9.17, 15) is 4.21 Å². The quantitative estimate of drug-likeness (QED) is 0.615. The van der Waals surface area contributed by atoms with Crippen molar-refractivity contribution in [1.29, 1.82) is 0 Å². The molecule has 1 aliphatic rings. The molecule has 0 spiro atoms. The van der Waals surface area contributed by atoms with Crippen LogP contribution < -0.4 is 10.1 Å². The molecule has 2 N–H and O–H groups in total. The lowest BCUT2D eigenvalue weighted by atomic mass is 9.95. The Hall–Kier alpha value is -2.72. The fraction of sp³-hybridized carbons (Fsp3) is 0.421. The van der Waals surface area contributed by atoms with Gasteiger partial charge in [-0.3, -0.25) is 5.10 Å². The number of ether oxygens (including phenoxy) is 1. The van der Waals surface area contributed by atoms with Gasteiger partial charge in [0.25, 0.3) is 0 Å². The van der Waals surface area contributed by atoms with E-state index in [4.69, 9.17) is 9.72 Å². The summed E-state index contributed by atoms with van der Waals surface area (Å²) in [4.78, 5) is 4.70. The molecular formula is C19H25N7O2S. The van der Waals surface area contributed by atoms with Gasteiger partial charge in [-0.2, -0.15) is 10.1 Å². The molecule has 29 heavy (non-hydrogen) atoms. The van der Waals surface area contributed by atoms with Gasteiger partial charge in [0, 0.05) is 48.1 Å². The number of piperidine rings is 1. The van der Waals surface area contributed by atoms with E-state index >= 15 is 0 Å². The first-order valence-electron chi connectivity index (χ1n) is 9.66. The maximum atomic E-state index is 12.0. The van der Waals surface area contributed by atoms with Crippen LogP contribution in [0, 0.1) is 5.92 Å². The van der Waals surface area contributed by atoms with Crippen molar-refractivity contribution in [3.8, 4) is 16.9 Å². The van der Waals surface area contributed by atoms with Gasteiger partial charge < -0.3 is 10.1 Å². The highest BCUT2D eigenvalue weighted by atomic mass is 32.2. The van der Waals surface area contributed by atoms with Crippen molar-refractivity contribution in [3.63, 3.8) is 0 Å². The molecule has 4 rings (SSSR count). The summed E-state index contributed by atoms with van der Waals surface area (Å²) >= 11 is 0. The zero-order chi connectivity index (χ0) is 20.4. The minimum absolute atomic E-state index is 0.203. The molecule has 4 heterocycles. The van der Waals surface area contributed by atoms with Crippen molar-refractivity contribution in [2.45, 2.75) is 26.3 Å². The first kappa shape index (κ1) is 19.6. The number of nitrogens with one attached hydrogen (secondary N) is 2. The summed E-state index contributed by atoms with van der Waals surface area (Å²) in [6, 6.07) is 2.15. The van der Waals surface area contributed by atoms with E-state index in [1.54, 1.807) is 10.7 Å². The normalized spacial score (nSPS) is 21.2. The number of H-pyrrole nitrogens is 1. The average molecular weight is 416 g/mol. The van der Waals surface area contributed by atoms with Gasteiger partial charge in [-0.1, -0.05) is 13.5 Å². The molecule has 10 heteroatoms. The molecule has 3 aromatic heterocycles. The molecule has 1 saturated heterocycles. The molecule has 1 aliphatic heterocycles. The Labute approximate surface area is 171 Å². The summed E-state index contributed by atoms with van der Waals surface area (Å²) in [5.74, 6) is 1.54. The van der Waals surface area contributed by atoms with E-state index in [0.717, 1.165) is 30.6 Å². The fourth-order valence-electron chi connectivity index (χ4n) is 3.65. The van der Waals surface area contributed by atoms with Crippen LogP contribution >= 0.6 is 0 Å². The monoisotopic (exact) mass is 415 g/mol. The lowest BCUT2D eigenvalue weighted by Crippen LogP contribution is -2.45. The molecule has 0 saturated carbocycles. The summed E-state index contributed by atoms with van der Waals surface area (Å²) in [5, 5.41) is 16.4.